The number of amides is 5. The van der Waals surface area contributed by atoms with Gasteiger partial charge in [0, 0.05) is 24.8 Å². The number of esters is 1. The average molecular weight is 807 g/mol. The van der Waals surface area contributed by atoms with Gasteiger partial charge in [-0.2, -0.15) is 0 Å². The van der Waals surface area contributed by atoms with Crippen LogP contribution in [0, 0.1) is 0 Å². The van der Waals surface area contributed by atoms with Gasteiger partial charge in [-0.3, -0.25) is 24.8 Å². The molecule has 3 aliphatic heterocycles. The highest BCUT2D eigenvalue weighted by Gasteiger charge is 2.66. The van der Waals surface area contributed by atoms with Crippen LogP contribution in [0.1, 0.15) is 56.5 Å². The highest BCUT2D eigenvalue weighted by Crippen LogP contribution is 2.49. The molecule has 7 rings (SSSR count). The smallest absolute Gasteiger partial charge is 0.413 e. The second-order valence-corrected chi connectivity index (χ2v) is 16.7. The molecule has 18 nitrogen and oxygen atoms in total. The van der Waals surface area contributed by atoms with Crippen LogP contribution in [0.25, 0.3) is 0 Å². The summed E-state index contributed by atoms with van der Waals surface area (Å²) in [5.41, 5.74) is -1.39. The number of oxime groups is 1. The molecule has 56 heavy (non-hydrogen) atoms. The molecule has 4 fully saturated rings. The van der Waals surface area contributed by atoms with Crippen molar-refractivity contribution in [3.8, 4) is 0 Å². The molecule has 0 unspecified atom stereocenters. The summed E-state index contributed by atoms with van der Waals surface area (Å²) in [4.78, 5) is 89.7. The number of aliphatic carboxylic acids is 1. The number of hydrogen-bond donors (Lipinski definition) is 4. The SMILES string of the molecule is CC(C)(C)OC(=O)Nc1nc(/C(=N/OC2(C(=O)OC(c3ccccc3)c3ccccc3)CC2)C(=O)N[C@@H]2C(=O)N3C[C@@](C(=O)O)(N4CCN(N)C4=O)S[C@H]23)cs1. The molecule has 5 amide bonds. The van der Waals surface area contributed by atoms with E-state index >= 15 is 0 Å². The minimum atomic E-state index is -1.84. The number of carbonyl (C=O) groups is 6. The number of benzene rings is 2. The number of β-lactam (4-membered cyclic amide) rings is 1. The third kappa shape index (κ3) is 7.46. The molecule has 2 aromatic carbocycles. The van der Waals surface area contributed by atoms with Gasteiger partial charge in [0.2, 0.25) is 16.4 Å². The number of anilines is 1. The zero-order chi connectivity index (χ0) is 40.0. The van der Waals surface area contributed by atoms with Crippen LogP contribution in [-0.4, -0.2) is 114 Å². The van der Waals surface area contributed by atoms with Crippen molar-refractivity contribution in [1.29, 1.82) is 0 Å². The third-order valence-corrected chi connectivity index (χ3v) is 11.8. The number of aromatic nitrogens is 1. The van der Waals surface area contributed by atoms with Crippen molar-refractivity contribution in [2.45, 2.75) is 67.2 Å². The van der Waals surface area contributed by atoms with E-state index in [4.69, 9.17) is 20.2 Å². The second-order valence-electron chi connectivity index (χ2n) is 14.4. The lowest BCUT2D eigenvalue weighted by Crippen LogP contribution is -2.68. The molecule has 5 N–H and O–H groups in total. The zero-order valence-corrected chi connectivity index (χ0v) is 32.0. The van der Waals surface area contributed by atoms with E-state index in [0.29, 0.717) is 0 Å². The van der Waals surface area contributed by atoms with Crippen LogP contribution in [0.5, 0.6) is 0 Å². The molecule has 4 aliphatic rings. The summed E-state index contributed by atoms with van der Waals surface area (Å²) in [6, 6.07) is 16.4. The molecule has 20 heteroatoms. The van der Waals surface area contributed by atoms with Crippen molar-refractivity contribution in [2.24, 2.45) is 11.0 Å². The minimum absolute atomic E-state index is 0.0275. The van der Waals surface area contributed by atoms with E-state index in [1.54, 1.807) is 20.8 Å². The van der Waals surface area contributed by atoms with Gasteiger partial charge in [0.15, 0.2) is 16.9 Å². The first-order valence-corrected chi connectivity index (χ1v) is 19.3. The fourth-order valence-corrected chi connectivity index (χ4v) is 8.64. The summed E-state index contributed by atoms with van der Waals surface area (Å²) in [6.07, 6.45) is -1.11. The van der Waals surface area contributed by atoms with Crippen molar-refractivity contribution in [2.75, 3.05) is 25.0 Å². The number of carboxylic acid groups (broad SMARTS) is 1. The number of carboxylic acids is 1. The van der Waals surface area contributed by atoms with Crippen LogP contribution in [0.15, 0.2) is 71.2 Å². The Balaban J connectivity index is 1.13. The van der Waals surface area contributed by atoms with Gasteiger partial charge in [-0.1, -0.05) is 77.6 Å². The number of ether oxygens (including phenoxy) is 2. The number of carbonyl (C=O) groups excluding carboxylic acids is 5. The number of hydrazine groups is 1. The molecule has 294 valence electrons. The van der Waals surface area contributed by atoms with Gasteiger partial charge in [-0.25, -0.2) is 30.0 Å². The maximum Gasteiger partial charge on any atom is 0.413 e. The number of nitrogens with two attached hydrogens (primary N) is 1. The monoisotopic (exact) mass is 806 g/mol. The van der Waals surface area contributed by atoms with Crippen LogP contribution in [0.2, 0.25) is 0 Å². The molecule has 3 aromatic rings. The summed E-state index contributed by atoms with van der Waals surface area (Å²) in [5.74, 6) is 2.13. The van der Waals surface area contributed by atoms with E-state index in [9.17, 15) is 33.9 Å². The van der Waals surface area contributed by atoms with Crippen LogP contribution in [0.3, 0.4) is 0 Å². The summed E-state index contributed by atoms with van der Waals surface area (Å²) in [5, 5.41) is 21.0. The fraction of sp³-hybridized carbons (Fsp3) is 0.389. The normalized spacial score (nSPS) is 22.7. The van der Waals surface area contributed by atoms with Gasteiger partial charge < -0.3 is 29.6 Å². The number of thioether (sulfide) groups is 1. The Morgan fingerprint density at radius 2 is 1.66 bits per heavy atom. The summed E-state index contributed by atoms with van der Waals surface area (Å²) in [6.45, 7) is 4.87. The van der Waals surface area contributed by atoms with Crippen molar-refractivity contribution < 1.29 is 48.2 Å². The standard InChI is InChI=1S/C36H38N8O10S2/c1-34(2,3)53-32(50)40-31-38-22(18-55-31)23(26(45)39-24-27(46)42-19-36(29(47)48,56-28(24)42)43-16-17-44(37)33(43)51)41-54-35(14-15-35)30(49)52-25(20-10-6-4-7-11-20)21-12-8-5-9-13-21/h4-13,18,24-25,28H,14-17,19,37H2,1-3H3,(H,39,45)(H,47,48)(H,38,40,50)/b41-23-/t24-,28-,36-/m1/s1. The first kappa shape index (κ1) is 38.5. The number of nitrogens with zero attached hydrogens (tertiary/aromatic N) is 5. The van der Waals surface area contributed by atoms with Crippen molar-refractivity contribution >= 4 is 69.8 Å². The molecule has 3 atom stereocenters. The molecule has 1 saturated carbocycles. The Morgan fingerprint density at radius 1 is 1.02 bits per heavy atom. The molecule has 1 aromatic heterocycles. The van der Waals surface area contributed by atoms with Crippen LogP contribution < -0.4 is 16.5 Å². The van der Waals surface area contributed by atoms with E-state index in [0.717, 1.165) is 44.1 Å². The molecular weight excluding hydrogens is 769 g/mol. The van der Waals surface area contributed by atoms with Crippen molar-refractivity contribution in [3.05, 3.63) is 82.9 Å². The molecule has 0 radical (unpaired) electrons. The Morgan fingerprint density at radius 3 is 2.21 bits per heavy atom. The summed E-state index contributed by atoms with van der Waals surface area (Å²) in [7, 11) is 0. The van der Waals surface area contributed by atoms with E-state index in [-0.39, 0.29) is 43.3 Å². The lowest BCUT2D eigenvalue weighted by atomic mass is 10.0. The van der Waals surface area contributed by atoms with Crippen LogP contribution in [0.4, 0.5) is 14.7 Å². The number of rotatable bonds is 12. The third-order valence-electron chi connectivity index (χ3n) is 9.33. The number of fused-ring (bicyclic) bond motifs is 1. The van der Waals surface area contributed by atoms with Gasteiger partial charge in [-0.15, -0.1) is 11.3 Å². The first-order valence-electron chi connectivity index (χ1n) is 17.5. The maximum absolute atomic E-state index is 14.0. The molecule has 3 saturated heterocycles. The molecular formula is C36H38N8O10S2. The first-order chi connectivity index (χ1) is 26.6. The number of thiazole rings is 1. The quantitative estimate of drug-likeness (QED) is 0.0516. The van der Waals surface area contributed by atoms with Crippen molar-refractivity contribution in [1.82, 2.24) is 25.1 Å². The Kier molecular flexibility index (Phi) is 10.1. The lowest BCUT2D eigenvalue weighted by molar-refractivity contribution is -0.164. The minimum Gasteiger partial charge on any atom is -0.479 e. The number of urea groups is 1. The molecule has 4 heterocycles. The number of nitrogens with one attached hydrogen (secondary N) is 2. The topological polar surface area (TPSA) is 235 Å². The van der Waals surface area contributed by atoms with Gasteiger partial charge in [0.25, 0.3) is 5.91 Å². The summed E-state index contributed by atoms with van der Waals surface area (Å²) >= 11 is 1.79. The predicted octanol–water partition coefficient (Wildman–Crippen LogP) is 2.87. The molecule has 0 bridgehead atoms. The van der Waals surface area contributed by atoms with E-state index < -0.39 is 75.2 Å². The fourth-order valence-electron chi connectivity index (χ4n) is 6.32. The lowest BCUT2D eigenvalue weighted by Gasteiger charge is -2.41. The molecule has 0 spiro atoms. The highest BCUT2D eigenvalue weighted by molar-refractivity contribution is 8.02. The largest absolute Gasteiger partial charge is 0.479 e. The molecule has 1 aliphatic carbocycles. The van der Waals surface area contributed by atoms with E-state index in [1.165, 1.54) is 10.3 Å². The zero-order valence-electron chi connectivity index (χ0n) is 30.4. The second kappa shape index (κ2) is 14.7. The average Bonchev–Trinajstić information content (AvgIpc) is 3.48. The van der Waals surface area contributed by atoms with Gasteiger partial charge in [0.1, 0.15) is 22.7 Å². The Hall–Kier alpha value is -5.73. The van der Waals surface area contributed by atoms with Gasteiger partial charge in [-0.05, 0) is 31.9 Å². The van der Waals surface area contributed by atoms with Gasteiger partial charge in [0.05, 0.1) is 13.1 Å². The highest BCUT2D eigenvalue weighted by atomic mass is 32.2. The van der Waals surface area contributed by atoms with E-state index in [1.807, 2.05) is 60.7 Å². The van der Waals surface area contributed by atoms with Gasteiger partial charge >= 0.3 is 24.1 Å². The predicted molar refractivity (Wildman–Crippen MR) is 201 cm³/mol. The number of hydrogen-bond acceptors (Lipinski definition) is 14. The van der Waals surface area contributed by atoms with E-state index in [2.05, 4.69) is 20.8 Å². The maximum atomic E-state index is 14.0. The van der Waals surface area contributed by atoms with Crippen LogP contribution in [-0.2, 0) is 33.5 Å². The Bertz CT molecular complexity index is 2050. The Labute approximate surface area is 328 Å². The van der Waals surface area contributed by atoms with Crippen LogP contribution >= 0.6 is 23.1 Å². The van der Waals surface area contributed by atoms with Crippen molar-refractivity contribution in [3.63, 3.8) is 0 Å². The summed E-state index contributed by atoms with van der Waals surface area (Å²) < 4.78 is 11.3.